The number of ether oxygens (including phenoxy) is 1. The molecule has 1 aliphatic heterocycles. The molecule has 0 spiro atoms. The van der Waals surface area contributed by atoms with E-state index < -0.39 is 0 Å². The normalized spacial score (nSPS) is 19.3. The highest BCUT2D eigenvalue weighted by Gasteiger charge is 2.22. The number of fused-ring (bicyclic) bond motifs is 1. The van der Waals surface area contributed by atoms with E-state index in [9.17, 15) is 0 Å². The molecule has 0 radical (unpaired) electrons. The van der Waals surface area contributed by atoms with Gasteiger partial charge in [0.25, 0.3) is 0 Å². The summed E-state index contributed by atoms with van der Waals surface area (Å²) in [7, 11) is 0. The van der Waals surface area contributed by atoms with Crippen molar-refractivity contribution in [3.8, 4) is 5.75 Å². The lowest BCUT2D eigenvalue weighted by atomic mass is 10.1. The number of para-hydroxylation sites is 1. The molecule has 0 saturated carbocycles. The van der Waals surface area contributed by atoms with Crippen molar-refractivity contribution in [2.75, 3.05) is 6.54 Å². The molecule has 0 aliphatic carbocycles. The van der Waals surface area contributed by atoms with Gasteiger partial charge in [-0.05, 0) is 18.6 Å². The van der Waals surface area contributed by atoms with Crippen LogP contribution in [0.2, 0.25) is 0 Å². The van der Waals surface area contributed by atoms with Crippen LogP contribution in [0.4, 0.5) is 0 Å². The molecular formula is C14H16N2OS. The van der Waals surface area contributed by atoms with Gasteiger partial charge in [0.05, 0.1) is 5.51 Å². The summed E-state index contributed by atoms with van der Waals surface area (Å²) in [6.07, 6.45) is 3.17. The molecule has 3 rings (SSSR count). The summed E-state index contributed by atoms with van der Waals surface area (Å²) >= 11 is 1.69. The third-order valence-electron chi connectivity index (χ3n) is 3.24. The van der Waals surface area contributed by atoms with E-state index in [0.29, 0.717) is 6.04 Å². The lowest BCUT2D eigenvalue weighted by molar-refractivity contribution is 0.223. The van der Waals surface area contributed by atoms with Crippen LogP contribution < -0.4 is 10.1 Å². The van der Waals surface area contributed by atoms with E-state index in [1.54, 1.807) is 11.3 Å². The van der Waals surface area contributed by atoms with E-state index in [4.69, 9.17) is 4.74 Å². The molecule has 2 unspecified atom stereocenters. The molecule has 4 heteroatoms. The Kier molecular flexibility index (Phi) is 3.30. The van der Waals surface area contributed by atoms with Gasteiger partial charge in [-0.25, -0.2) is 0 Å². The summed E-state index contributed by atoms with van der Waals surface area (Å²) in [5.41, 5.74) is 3.19. The van der Waals surface area contributed by atoms with Gasteiger partial charge in [0.2, 0.25) is 0 Å². The fourth-order valence-electron chi connectivity index (χ4n) is 2.22. The average Bonchev–Trinajstić information content (AvgIpc) is 3.04. The highest BCUT2D eigenvalue weighted by atomic mass is 32.1. The van der Waals surface area contributed by atoms with E-state index in [1.807, 2.05) is 23.8 Å². The first-order valence-electron chi connectivity index (χ1n) is 6.19. The van der Waals surface area contributed by atoms with Gasteiger partial charge in [0, 0.05) is 30.1 Å². The van der Waals surface area contributed by atoms with Gasteiger partial charge >= 0.3 is 0 Å². The zero-order valence-corrected chi connectivity index (χ0v) is 11.1. The molecule has 1 aromatic carbocycles. The zero-order valence-electron chi connectivity index (χ0n) is 10.3. The van der Waals surface area contributed by atoms with Gasteiger partial charge in [-0.1, -0.05) is 18.2 Å². The summed E-state index contributed by atoms with van der Waals surface area (Å²) in [6, 6.07) is 8.61. The van der Waals surface area contributed by atoms with Crippen molar-refractivity contribution in [1.82, 2.24) is 10.3 Å². The smallest absolute Gasteiger partial charge is 0.123 e. The minimum absolute atomic E-state index is 0.248. The van der Waals surface area contributed by atoms with E-state index >= 15 is 0 Å². The second-order valence-corrected chi connectivity index (χ2v) is 5.50. The van der Waals surface area contributed by atoms with Gasteiger partial charge in [-0.3, -0.25) is 4.98 Å². The second kappa shape index (κ2) is 5.08. The number of nitrogens with zero attached hydrogens (tertiary/aromatic N) is 1. The second-order valence-electron chi connectivity index (χ2n) is 4.59. The predicted molar refractivity (Wildman–Crippen MR) is 73.1 cm³/mol. The molecule has 1 aromatic heterocycles. The Bertz CT molecular complexity index is 487. The van der Waals surface area contributed by atoms with E-state index in [1.165, 1.54) is 10.4 Å². The van der Waals surface area contributed by atoms with Gasteiger partial charge in [0.15, 0.2) is 0 Å². The first-order chi connectivity index (χ1) is 8.83. The predicted octanol–water partition coefficient (Wildman–Crippen LogP) is 2.80. The van der Waals surface area contributed by atoms with Crippen molar-refractivity contribution in [1.29, 1.82) is 0 Å². The number of aromatic nitrogens is 1. The summed E-state index contributed by atoms with van der Waals surface area (Å²) in [5.74, 6) is 1.04. The molecule has 1 aliphatic rings. The Morgan fingerprint density at radius 2 is 2.39 bits per heavy atom. The lowest BCUT2D eigenvalue weighted by Crippen LogP contribution is -2.31. The standard InChI is InChI=1S/C14H16N2OS/c1-10(14-8-15-9-18-14)16-7-12-6-11-4-2-3-5-13(11)17-12/h2-5,8-10,12,16H,6-7H2,1H3. The Morgan fingerprint density at radius 3 is 3.17 bits per heavy atom. The van der Waals surface area contributed by atoms with Crippen LogP contribution in [0.1, 0.15) is 23.4 Å². The maximum atomic E-state index is 5.90. The van der Waals surface area contributed by atoms with Crippen LogP contribution in [0.5, 0.6) is 5.75 Å². The number of hydrogen-bond acceptors (Lipinski definition) is 4. The fourth-order valence-corrected chi connectivity index (χ4v) is 2.87. The third kappa shape index (κ3) is 2.40. The topological polar surface area (TPSA) is 34.1 Å². The van der Waals surface area contributed by atoms with Crippen molar-refractivity contribution in [3.05, 3.63) is 46.4 Å². The minimum Gasteiger partial charge on any atom is -0.488 e. The molecular weight excluding hydrogens is 244 g/mol. The van der Waals surface area contributed by atoms with Crippen LogP contribution in [0, 0.1) is 0 Å². The Hall–Kier alpha value is -1.39. The quantitative estimate of drug-likeness (QED) is 0.918. The Balaban J connectivity index is 1.54. The highest BCUT2D eigenvalue weighted by molar-refractivity contribution is 7.09. The molecule has 2 atom stereocenters. The van der Waals surface area contributed by atoms with Gasteiger partial charge in [-0.2, -0.15) is 0 Å². The molecule has 2 heterocycles. The fraction of sp³-hybridized carbons (Fsp3) is 0.357. The van der Waals surface area contributed by atoms with Crippen LogP contribution >= 0.6 is 11.3 Å². The van der Waals surface area contributed by atoms with Crippen molar-refractivity contribution in [2.24, 2.45) is 0 Å². The molecule has 94 valence electrons. The summed E-state index contributed by atoms with van der Waals surface area (Å²) in [6.45, 7) is 3.03. The van der Waals surface area contributed by atoms with E-state index in [0.717, 1.165) is 18.7 Å². The van der Waals surface area contributed by atoms with Crippen LogP contribution in [-0.4, -0.2) is 17.6 Å². The minimum atomic E-state index is 0.248. The van der Waals surface area contributed by atoms with Gasteiger partial charge < -0.3 is 10.1 Å². The largest absolute Gasteiger partial charge is 0.488 e. The average molecular weight is 260 g/mol. The van der Waals surface area contributed by atoms with E-state index in [-0.39, 0.29) is 6.10 Å². The van der Waals surface area contributed by atoms with Crippen LogP contribution in [0.15, 0.2) is 36.0 Å². The maximum absolute atomic E-state index is 5.90. The number of nitrogens with one attached hydrogen (secondary N) is 1. The SMILES string of the molecule is CC(NCC1Cc2ccccc2O1)c1cncs1. The molecule has 18 heavy (non-hydrogen) atoms. The molecule has 0 saturated heterocycles. The first kappa shape index (κ1) is 11.7. The molecule has 2 aromatic rings. The van der Waals surface area contributed by atoms with Crippen molar-refractivity contribution in [3.63, 3.8) is 0 Å². The Labute approximate surface area is 111 Å². The molecule has 0 fully saturated rings. The zero-order chi connectivity index (χ0) is 12.4. The summed E-state index contributed by atoms with van der Waals surface area (Å²) < 4.78 is 5.90. The molecule has 0 bridgehead atoms. The third-order valence-corrected chi connectivity index (χ3v) is 4.20. The highest BCUT2D eigenvalue weighted by Crippen LogP contribution is 2.28. The number of benzene rings is 1. The monoisotopic (exact) mass is 260 g/mol. The van der Waals surface area contributed by atoms with Crippen molar-refractivity contribution < 1.29 is 4.74 Å². The maximum Gasteiger partial charge on any atom is 0.123 e. The van der Waals surface area contributed by atoms with Gasteiger partial charge in [-0.15, -0.1) is 11.3 Å². The van der Waals surface area contributed by atoms with Crippen molar-refractivity contribution >= 4 is 11.3 Å². The van der Waals surface area contributed by atoms with Crippen LogP contribution in [0.25, 0.3) is 0 Å². The number of hydrogen-bond donors (Lipinski definition) is 1. The number of thiazole rings is 1. The van der Waals surface area contributed by atoms with Crippen LogP contribution in [-0.2, 0) is 6.42 Å². The molecule has 3 nitrogen and oxygen atoms in total. The summed E-state index contributed by atoms with van der Waals surface area (Å²) in [4.78, 5) is 5.37. The molecule has 0 amide bonds. The van der Waals surface area contributed by atoms with Gasteiger partial charge in [0.1, 0.15) is 11.9 Å². The summed E-state index contributed by atoms with van der Waals surface area (Å²) in [5, 5.41) is 3.51. The van der Waals surface area contributed by atoms with E-state index in [2.05, 4.69) is 29.4 Å². The first-order valence-corrected chi connectivity index (χ1v) is 7.07. The lowest BCUT2D eigenvalue weighted by Gasteiger charge is -2.16. The Morgan fingerprint density at radius 1 is 1.50 bits per heavy atom. The molecule has 1 N–H and O–H groups in total. The number of rotatable bonds is 4. The van der Waals surface area contributed by atoms with Crippen molar-refractivity contribution in [2.45, 2.75) is 25.5 Å². The van der Waals surface area contributed by atoms with Crippen LogP contribution in [0.3, 0.4) is 0 Å².